The third-order valence-corrected chi connectivity index (χ3v) is 0.822. The number of rotatable bonds is 2. The summed E-state index contributed by atoms with van der Waals surface area (Å²) in [7, 11) is 0. The van der Waals surface area contributed by atoms with E-state index in [-0.39, 0.29) is 5.83 Å². The van der Waals surface area contributed by atoms with Crippen LogP contribution in [0.5, 0.6) is 0 Å². The summed E-state index contributed by atoms with van der Waals surface area (Å²) in [6.07, 6.45) is 5.14. The van der Waals surface area contributed by atoms with Gasteiger partial charge in [0.15, 0.2) is 0 Å². The van der Waals surface area contributed by atoms with Crippen molar-refractivity contribution in [1.82, 2.24) is 0 Å². The SMILES string of the molecule is C/C(F)=C\C=C/C(C)C. The van der Waals surface area contributed by atoms with Crippen LogP contribution in [0, 0.1) is 5.92 Å². The van der Waals surface area contributed by atoms with Crippen molar-refractivity contribution in [3.05, 3.63) is 24.1 Å². The molecule has 0 aliphatic rings. The summed E-state index contributed by atoms with van der Waals surface area (Å²) in [6.45, 7) is 5.54. The first-order valence-electron chi connectivity index (χ1n) is 3.13. The maximum absolute atomic E-state index is 12.0. The van der Waals surface area contributed by atoms with E-state index < -0.39 is 0 Å². The second-order valence-corrected chi connectivity index (χ2v) is 2.38. The lowest BCUT2D eigenvalue weighted by atomic mass is 10.2. The summed E-state index contributed by atoms with van der Waals surface area (Å²) in [5, 5.41) is 0. The van der Waals surface area contributed by atoms with Crippen LogP contribution in [-0.2, 0) is 0 Å². The van der Waals surface area contributed by atoms with Gasteiger partial charge in [-0.1, -0.05) is 26.0 Å². The van der Waals surface area contributed by atoms with E-state index in [9.17, 15) is 4.39 Å². The van der Waals surface area contributed by atoms with Crippen LogP contribution in [0.15, 0.2) is 24.1 Å². The van der Waals surface area contributed by atoms with Gasteiger partial charge in [0.2, 0.25) is 0 Å². The average molecular weight is 128 g/mol. The summed E-state index contributed by atoms with van der Waals surface area (Å²) in [6, 6.07) is 0. The molecule has 0 saturated heterocycles. The molecule has 0 unspecified atom stereocenters. The van der Waals surface area contributed by atoms with Crippen molar-refractivity contribution in [2.45, 2.75) is 20.8 Å². The van der Waals surface area contributed by atoms with Gasteiger partial charge in [0.05, 0.1) is 5.83 Å². The average Bonchev–Trinajstić information content (AvgIpc) is 1.63. The minimum Gasteiger partial charge on any atom is -0.212 e. The summed E-state index contributed by atoms with van der Waals surface area (Å²) < 4.78 is 12.0. The fourth-order valence-corrected chi connectivity index (χ4v) is 0.410. The van der Waals surface area contributed by atoms with Crippen molar-refractivity contribution in [2.75, 3.05) is 0 Å². The van der Waals surface area contributed by atoms with Gasteiger partial charge in [0.1, 0.15) is 0 Å². The summed E-state index contributed by atoms with van der Waals surface area (Å²) >= 11 is 0. The lowest BCUT2D eigenvalue weighted by Gasteiger charge is -1.88. The van der Waals surface area contributed by atoms with Crippen molar-refractivity contribution in [1.29, 1.82) is 0 Å². The molecule has 0 spiro atoms. The highest BCUT2D eigenvalue weighted by Crippen LogP contribution is 1.97. The first kappa shape index (κ1) is 8.41. The van der Waals surface area contributed by atoms with Crippen LogP contribution in [0.3, 0.4) is 0 Å². The van der Waals surface area contributed by atoms with Crippen molar-refractivity contribution in [3.63, 3.8) is 0 Å². The third kappa shape index (κ3) is 7.41. The van der Waals surface area contributed by atoms with E-state index in [1.54, 1.807) is 6.08 Å². The van der Waals surface area contributed by atoms with Crippen LogP contribution >= 0.6 is 0 Å². The minimum atomic E-state index is -0.146. The van der Waals surface area contributed by atoms with E-state index in [0.717, 1.165) is 0 Å². The Hall–Kier alpha value is -0.590. The molecule has 52 valence electrons. The lowest BCUT2D eigenvalue weighted by Crippen LogP contribution is -1.74. The molecule has 0 amide bonds. The van der Waals surface area contributed by atoms with Gasteiger partial charge in [-0.2, -0.15) is 0 Å². The molecule has 0 atom stereocenters. The molecule has 0 aromatic rings. The molecule has 0 radical (unpaired) electrons. The van der Waals surface area contributed by atoms with Crippen molar-refractivity contribution in [3.8, 4) is 0 Å². The Morgan fingerprint density at radius 3 is 2.33 bits per heavy atom. The Morgan fingerprint density at radius 2 is 2.00 bits per heavy atom. The lowest BCUT2D eigenvalue weighted by molar-refractivity contribution is 0.640. The van der Waals surface area contributed by atoms with E-state index in [4.69, 9.17) is 0 Å². The zero-order chi connectivity index (χ0) is 7.28. The van der Waals surface area contributed by atoms with Crippen LogP contribution in [0.4, 0.5) is 4.39 Å². The van der Waals surface area contributed by atoms with Gasteiger partial charge in [0, 0.05) is 0 Å². The quantitative estimate of drug-likeness (QED) is 0.501. The molecule has 0 fully saturated rings. The van der Waals surface area contributed by atoms with Gasteiger partial charge in [-0.3, -0.25) is 0 Å². The molecule has 1 heteroatoms. The van der Waals surface area contributed by atoms with E-state index in [0.29, 0.717) is 5.92 Å². The van der Waals surface area contributed by atoms with E-state index >= 15 is 0 Å². The zero-order valence-corrected chi connectivity index (χ0v) is 6.19. The summed E-state index contributed by atoms with van der Waals surface area (Å²) in [5.74, 6) is 0.354. The predicted octanol–water partition coefficient (Wildman–Crippen LogP) is 3.07. The van der Waals surface area contributed by atoms with Crippen LogP contribution in [0.1, 0.15) is 20.8 Å². The minimum absolute atomic E-state index is 0.146. The number of halogens is 1. The van der Waals surface area contributed by atoms with Gasteiger partial charge in [-0.15, -0.1) is 0 Å². The van der Waals surface area contributed by atoms with Gasteiger partial charge >= 0.3 is 0 Å². The molecular weight excluding hydrogens is 115 g/mol. The fraction of sp³-hybridized carbons (Fsp3) is 0.500. The number of hydrogen-bond acceptors (Lipinski definition) is 0. The molecule has 0 nitrogen and oxygen atoms in total. The van der Waals surface area contributed by atoms with Crippen LogP contribution in [-0.4, -0.2) is 0 Å². The highest BCUT2D eigenvalue weighted by Gasteiger charge is 1.80. The summed E-state index contributed by atoms with van der Waals surface area (Å²) in [5.41, 5.74) is 0. The monoisotopic (exact) mass is 128 g/mol. The van der Waals surface area contributed by atoms with Crippen molar-refractivity contribution >= 4 is 0 Å². The van der Waals surface area contributed by atoms with Crippen LogP contribution < -0.4 is 0 Å². The Labute approximate surface area is 56.1 Å². The second kappa shape index (κ2) is 4.30. The van der Waals surface area contributed by atoms with E-state index in [2.05, 4.69) is 13.8 Å². The first-order chi connectivity index (χ1) is 4.13. The largest absolute Gasteiger partial charge is 0.212 e. The molecule has 0 bridgehead atoms. The molecule has 0 aliphatic carbocycles. The Kier molecular flexibility index (Phi) is 4.02. The molecule has 0 saturated carbocycles. The van der Waals surface area contributed by atoms with Crippen LogP contribution in [0.25, 0.3) is 0 Å². The van der Waals surface area contributed by atoms with Crippen molar-refractivity contribution < 1.29 is 4.39 Å². The van der Waals surface area contributed by atoms with E-state index in [1.807, 2.05) is 6.08 Å². The van der Waals surface area contributed by atoms with Gasteiger partial charge in [-0.05, 0) is 18.9 Å². The van der Waals surface area contributed by atoms with Crippen LogP contribution in [0.2, 0.25) is 0 Å². The topological polar surface area (TPSA) is 0 Å². The standard InChI is InChI=1S/C8H13F/c1-7(2)5-4-6-8(3)9/h4-7H,1-3H3/b5-4-,8-6+. The maximum atomic E-state index is 12.0. The molecule has 0 rings (SSSR count). The van der Waals surface area contributed by atoms with Gasteiger partial charge in [0.25, 0.3) is 0 Å². The number of allylic oxidation sites excluding steroid dienone is 4. The second-order valence-electron chi connectivity index (χ2n) is 2.38. The smallest absolute Gasteiger partial charge is 0.0968 e. The molecule has 0 N–H and O–H groups in total. The Morgan fingerprint density at radius 1 is 1.44 bits per heavy atom. The molecule has 9 heavy (non-hydrogen) atoms. The summed E-state index contributed by atoms with van der Waals surface area (Å²) in [4.78, 5) is 0. The normalized spacial score (nSPS) is 13.7. The maximum Gasteiger partial charge on any atom is 0.0968 e. The Balaban J connectivity index is 3.60. The van der Waals surface area contributed by atoms with Gasteiger partial charge in [-0.25, -0.2) is 4.39 Å². The predicted molar refractivity (Wildman–Crippen MR) is 38.8 cm³/mol. The first-order valence-corrected chi connectivity index (χ1v) is 3.13. The zero-order valence-electron chi connectivity index (χ0n) is 6.19. The fourth-order valence-electron chi connectivity index (χ4n) is 0.410. The molecule has 0 aromatic carbocycles. The van der Waals surface area contributed by atoms with Gasteiger partial charge < -0.3 is 0 Å². The molecule has 0 aliphatic heterocycles. The third-order valence-electron chi connectivity index (χ3n) is 0.822. The van der Waals surface area contributed by atoms with Crippen molar-refractivity contribution in [2.24, 2.45) is 5.92 Å². The molecular formula is C8H13F. The number of hydrogen-bond donors (Lipinski definition) is 0. The molecule has 0 aromatic heterocycles. The van der Waals surface area contributed by atoms with E-state index in [1.165, 1.54) is 13.0 Å². The Bertz CT molecular complexity index is 117. The highest BCUT2D eigenvalue weighted by molar-refractivity contribution is 5.05. The highest BCUT2D eigenvalue weighted by atomic mass is 19.1. The molecule has 0 heterocycles.